The Morgan fingerprint density at radius 1 is 1.47 bits per heavy atom. The number of ether oxygens (including phenoxy) is 1. The maximum atomic E-state index is 5.58. The second-order valence-electron chi connectivity index (χ2n) is 3.61. The number of rotatable bonds is 4. The molecule has 17 heavy (non-hydrogen) atoms. The van der Waals surface area contributed by atoms with E-state index in [9.17, 15) is 0 Å². The third-order valence-corrected chi connectivity index (χ3v) is 3.02. The lowest BCUT2D eigenvalue weighted by molar-refractivity contribution is 0.416. The topological polar surface area (TPSA) is 63.9 Å². The van der Waals surface area contributed by atoms with Crippen LogP contribution in [0.4, 0.5) is 0 Å². The van der Waals surface area contributed by atoms with Gasteiger partial charge in [-0.2, -0.15) is 0 Å². The molecular formula is C12H14BrN3O. The van der Waals surface area contributed by atoms with Gasteiger partial charge in [-0.15, -0.1) is 0 Å². The van der Waals surface area contributed by atoms with Crippen molar-refractivity contribution in [3.05, 3.63) is 34.7 Å². The van der Waals surface area contributed by atoms with Crippen LogP contribution in [-0.4, -0.2) is 23.6 Å². The minimum Gasteiger partial charge on any atom is -0.496 e. The van der Waals surface area contributed by atoms with Crippen molar-refractivity contribution in [2.75, 3.05) is 13.7 Å². The van der Waals surface area contributed by atoms with Crippen molar-refractivity contribution >= 4 is 15.9 Å². The van der Waals surface area contributed by atoms with Crippen molar-refractivity contribution in [3.8, 4) is 17.0 Å². The molecular weight excluding hydrogens is 282 g/mol. The Balaban J connectivity index is 2.51. The van der Waals surface area contributed by atoms with Crippen LogP contribution in [0.25, 0.3) is 11.3 Å². The van der Waals surface area contributed by atoms with Gasteiger partial charge in [0.2, 0.25) is 0 Å². The molecule has 0 saturated heterocycles. The highest BCUT2D eigenvalue weighted by molar-refractivity contribution is 9.10. The lowest BCUT2D eigenvalue weighted by atomic mass is 10.1. The molecule has 1 aromatic carbocycles. The van der Waals surface area contributed by atoms with Gasteiger partial charge >= 0.3 is 0 Å². The molecule has 90 valence electrons. The summed E-state index contributed by atoms with van der Waals surface area (Å²) < 4.78 is 6.35. The summed E-state index contributed by atoms with van der Waals surface area (Å²) in [6.45, 7) is 0.589. The maximum Gasteiger partial charge on any atom is 0.128 e. The number of hydrogen-bond acceptors (Lipinski definition) is 3. The molecule has 0 spiro atoms. The molecule has 3 N–H and O–H groups in total. The van der Waals surface area contributed by atoms with Crippen molar-refractivity contribution in [1.82, 2.24) is 9.97 Å². The molecule has 0 amide bonds. The number of halogens is 1. The van der Waals surface area contributed by atoms with Gasteiger partial charge in [0.25, 0.3) is 0 Å². The first-order valence-corrected chi connectivity index (χ1v) is 6.11. The first-order chi connectivity index (χ1) is 8.26. The molecule has 4 nitrogen and oxygen atoms in total. The quantitative estimate of drug-likeness (QED) is 0.910. The number of benzene rings is 1. The van der Waals surface area contributed by atoms with E-state index in [1.807, 2.05) is 18.2 Å². The Morgan fingerprint density at radius 3 is 3.00 bits per heavy atom. The second-order valence-corrected chi connectivity index (χ2v) is 4.53. The van der Waals surface area contributed by atoms with Crippen LogP contribution in [0.5, 0.6) is 5.75 Å². The molecule has 0 bridgehead atoms. The Kier molecular flexibility index (Phi) is 3.81. The number of nitrogens with zero attached hydrogens (tertiary/aromatic N) is 1. The van der Waals surface area contributed by atoms with Gasteiger partial charge in [0.15, 0.2) is 0 Å². The smallest absolute Gasteiger partial charge is 0.128 e. The monoisotopic (exact) mass is 295 g/mol. The molecule has 1 aromatic heterocycles. The summed E-state index contributed by atoms with van der Waals surface area (Å²) in [5.74, 6) is 0.804. The average Bonchev–Trinajstić information content (AvgIpc) is 2.77. The van der Waals surface area contributed by atoms with E-state index in [0.717, 1.165) is 33.6 Å². The maximum absolute atomic E-state index is 5.58. The van der Waals surface area contributed by atoms with Crippen LogP contribution in [0.2, 0.25) is 0 Å². The van der Waals surface area contributed by atoms with Crippen LogP contribution in [0, 0.1) is 0 Å². The van der Waals surface area contributed by atoms with Crippen LogP contribution in [0.15, 0.2) is 29.0 Å². The SMILES string of the molecule is COc1ccc(Br)cc1-c1nc[nH]c1CCN. The van der Waals surface area contributed by atoms with Gasteiger partial charge < -0.3 is 15.5 Å². The van der Waals surface area contributed by atoms with E-state index < -0.39 is 0 Å². The molecule has 0 aliphatic carbocycles. The van der Waals surface area contributed by atoms with E-state index in [-0.39, 0.29) is 0 Å². The van der Waals surface area contributed by atoms with Gasteiger partial charge in [0, 0.05) is 22.2 Å². The van der Waals surface area contributed by atoms with E-state index in [4.69, 9.17) is 10.5 Å². The van der Waals surface area contributed by atoms with Crippen LogP contribution in [0.3, 0.4) is 0 Å². The van der Waals surface area contributed by atoms with Gasteiger partial charge in [0.05, 0.1) is 19.1 Å². The number of nitrogens with one attached hydrogen (secondary N) is 1. The second kappa shape index (κ2) is 5.33. The van der Waals surface area contributed by atoms with Crippen LogP contribution >= 0.6 is 15.9 Å². The highest BCUT2D eigenvalue weighted by Crippen LogP contribution is 2.32. The van der Waals surface area contributed by atoms with Crippen molar-refractivity contribution < 1.29 is 4.74 Å². The summed E-state index contributed by atoms with van der Waals surface area (Å²) in [5, 5.41) is 0. The number of imidazole rings is 1. The van der Waals surface area contributed by atoms with Gasteiger partial charge in [-0.3, -0.25) is 0 Å². The number of aromatic nitrogens is 2. The summed E-state index contributed by atoms with van der Waals surface area (Å²) in [6, 6.07) is 5.85. The number of hydrogen-bond donors (Lipinski definition) is 2. The Hall–Kier alpha value is -1.33. The zero-order valence-electron chi connectivity index (χ0n) is 9.53. The van der Waals surface area contributed by atoms with E-state index in [0.29, 0.717) is 6.54 Å². The predicted molar refractivity (Wildman–Crippen MR) is 71.0 cm³/mol. The van der Waals surface area contributed by atoms with E-state index in [2.05, 4.69) is 25.9 Å². The Morgan fingerprint density at radius 2 is 2.29 bits per heavy atom. The van der Waals surface area contributed by atoms with Crippen LogP contribution in [0.1, 0.15) is 5.69 Å². The molecule has 0 radical (unpaired) electrons. The zero-order valence-corrected chi connectivity index (χ0v) is 11.1. The molecule has 0 aliphatic rings. The average molecular weight is 296 g/mol. The molecule has 0 fully saturated rings. The number of nitrogens with two attached hydrogens (primary N) is 1. The highest BCUT2D eigenvalue weighted by Gasteiger charge is 2.13. The highest BCUT2D eigenvalue weighted by atomic mass is 79.9. The van der Waals surface area contributed by atoms with Gasteiger partial charge in [-0.1, -0.05) is 15.9 Å². The Bertz CT molecular complexity index is 510. The molecule has 0 saturated carbocycles. The zero-order chi connectivity index (χ0) is 12.3. The molecule has 0 unspecified atom stereocenters. The fourth-order valence-electron chi connectivity index (χ4n) is 1.75. The molecule has 0 atom stereocenters. The summed E-state index contributed by atoms with van der Waals surface area (Å²) in [7, 11) is 1.65. The third kappa shape index (κ3) is 2.50. The van der Waals surface area contributed by atoms with Crippen molar-refractivity contribution in [2.24, 2.45) is 5.73 Å². The standard InChI is InChI=1S/C12H14BrN3O/c1-17-11-3-2-8(13)6-9(11)12-10(4-5-14)15-7-16-12/h2-3,6-7H,4-5,14H2,1H3,(H,15,16). The Labute approximate surface area is 108 Å². The van der Waals surface area contributed by atoms with Crippen molar-refractivity contribution in [1.29, 1.82) is 0 Å². The number of methoxy groups -OCH3 is 1. The lowest BCUT2D eigenvalue weighted by Crippen LogP contribution is -2.04. The first-order valence-electron chi connectivity index (χ1n) is 5.32. The van der Waals surface area contributed by atoms with Gasteiger partial charge in [0.1, 0.15) is 5.75 Å². The van der Waals surface area contributed by atoms with E-state index >= 15 is 0 Å². The first kappa shape index (κ1) is 12.1. The largest absolute Gasteiger partial charge is 0.496 e. The fraction of sp³-hybridized carbons (Fsp3) is 0.250. The van der Waals surface area contributed by atoms with E-state index in [1.165, 1.54) is 0 Å². The molecule has 1 heterocycles. The molecule has 2 aromatic rings. The molecule has 0 aliphatic heterocycles. The molecule has 5 heteroatoms. The van der Waals surface area contributed by atoms with Gasteiger partial charge in [-0.05, 0) is 24.7 Å². The normalized spacial score (nSPS) is 10.5. The third-order valence-electron chi connectivity index (χ3n) is 2.53. The van der Waals surface area contributed by atoms with Gasteiger partial charge in [-0.25, -0.2) is 4.98 Å². The summed E-state index contributed by atoms with van der Waals surface area (Å²) >= 11 is 3.46. The van der Waals surface area contributed by atoms with Crippen LogP contribution in [-0.2, 0) is 6.42 Å². The predicted octanol–water partition coefficient (Wildman–Crippen LogP) is 2.35. The lowest BCUT2D eigenvalue weighted by Gasteiger charge is -2.08. The summed E-state index contributed by atoms with van der Waals surface area (Å²) in [6.07, 6.45) is 2.45. The minimum absolute atomic E-state index is 0.589. The number of H-pyrrole nitrogens is 1. The van der Waals surface area contributed by atoms with Crippen LogP contribution < -0.4 is 10.5 Å². The summed E-state index contributed by atoms with van der Waals surface area (Å²) in [5.41, 5.74) is 8.47. The molecule has 2 rings (SSSR count). The summed E-state index contributed by atoms with van der Waals surface area (Å²) in [4.78, 5) is 7.46. The number of aromatic amines is 1. The van der Waals surface area contributed by atoms with Crippen molar-refractivity contribution in [3.63, 3.8) is 0 Å². The minimum atomic E-state index is 0.589. The van der Waals surface area contributed by atoms with Crippen molar-refractivity contribution in [2.45, 2.75) is 6.42 Å². The van der Waals surface area contributed by atoms with E-state index in [1.54, 1.807) is 13.4 Å². The fourth-order valence-corrected chi connectivity index (χ4v) is 2.11.